The number of nitrogens with zero attached hydrogens (tertiary/aromatic N) is 1. The van der Waals surface area contributed by atoms with Crippen LogP contribution in [0.3, 0.4) is 0 Å². The molecule has 1 saturated heterocycles. The number of halogens is 1. The van der Waals surface area contributed by atoms with E-state index in [1.165, 1.54) is 6.42 Å². The molecule has 1 fully saturated rings. The van der Waals surface area contributed by atoms with E-state index in [1.54, 1.807) is 0 Å². The Kier molecular flexibility index (Phi) is 1.02. The number of hydrogen-bond acceptors (Lipinski definition) is 1. The quantitative estimate of drug-likeness (QED) is 0.419. The minimum atomic E-state index is 0.631. The molecule has 0 bridgehead atoms. The molecule has 0 aliphatic carbocycles. The van der Waals surface area contributed by atoms with Crippen LogP contribution < -0.4 is 0 Å². The van der Waals surface area contributed by atoms with Crippen LogP contribution in [0.4, 0.5) is 0 Å². The summed E-state index contributed by atoms with van der Waals surface area (Å²) in [5, 5.41) is 0. The van der Waals surface area contributed by atoms with Crippen LogP contribution in [-0.2, 0) is 0 Å². The highest BCUT2D eigenvalue weighted by Gasteiger charge is 2.20. The van der Waals surface area contributed by atoms with Crippen molar-refractivity contribution in [2.24, 2.45) is 0 Å². The van der Waals surface area contributed by atoms with Crippen LogP contribution in [0.2, 0.25) is 0 Å². The number of hydrogen-bond donors (Lipinski definition) is 0. The van der Waals surface area contributed by atoms with Gasteiger partial charge < -0.3 is 0 Å². The van der Waals surface area contributed by atoms with Gasteiger partial charge in [-0.3, -0.25) is 0 Å². The Bertz CT molecular complexity index is 47.5. The maximum Gasteiger partial charge on any atom is 0.0236 e. The van der Waals surface area contributed by atoms with Gasteiger partial charge in [0.15, 0.2) is 0 Å². The Morgan fingerprint density at radius 2 is 2.33 bits per heavy atom. The highest BCUT2D eigenvalue weighted by atomic mass is 35.5. The molecule has 1 heterocycles. The van der Waals surface area contributed by atoms with Crippen molar-refractivity contribution in [1.82, 2.24) is 4.42 Å². The van der Waals surface area contributed by atoms with Gasteiger partial charge in [-0.25, -0.2) is 4.42 Å². The zero-order valence-corrected chi connectivity index (χ0v) is 4.57. The minimum absolute atomic E-state index is 0.631. The molecule has 0 aromatic carbocycles. The van der Waals surface area contributed by atoms with Gasteiger partial charge in [0.1, 0.15) is 0 Å². The topological polar surface area (TPSA) is 3.24 Å². The lowest BCUT2D eigenvalue weighted by atomic mass is 10.1. The summed E-state index contributed by atoms with van der Waals surface area (Å²) in [7, 11) is 0. The van der Waals surface area contributed by atoms with Crippen molar-refractivity contribution in [3.05, 3.63) is 0 Å². The fourth-order valence-corrected chi connectivity index (χ4v) is 0.680. The monoisotopic (exact) mass is 105 g/mol. The van der Waals surface area contributed by atoms with E-state index in [0.29, 0.717) is 6.04 Å². The van der Waals surface area contributed by atoms with Crippen LogP contribution in [0.1, 0.15) is 13.3 Å². The SMILES string of the molecule is CC1CCN1Cl. The molecular weight excluding hydrogens is 97.5 g/mol. The summed E-state index contributed by atoms with van der Waals surface area (Å²) in [5.74, 6) is 0. The van der Waals surface area contributed by atoms with Gasteiger partial charge in [-0.1, -0.05) is 0 Å². The lowest BCUT2D eigenvalue weighted by Crippen LogP contribution is -2.37. The molecule has 1 aliphatic heterocycles. The van der Waals surface area contributed by atoms with Crippen molar-refractivity contribution >= 4 is 11.8 Å². The molecule has 2 heteroatoms. The van der Waals surface area contributed by atoms with E-state index in [-0.39, 0.29) is 0 Å². The standard InChI is InChI=1S/C4H8ClN/c1-4-2-3-6(4)5/h4H,2-3H2,1H3. The third-order valence-electron chi connectivity index (χ3n) is 1.24. The van der Waals surface area contributed by atoms with Crippen molar-refractivity contribution in [2.75, 3.05) is 6.54 Å². The van der Waals surface area contributed by atoms with E-state index in [1.807, 2.05) is 4.42 Å². The zero-order chi connectivity index (χ0) is 4.57. The Balaban J connectivity index is 2.20. The van der Waals surface area contributed by atoms with Gasteiger partial charge in [0.25, 0.3) is 0 Å². The molecule has 0 N–H and O–H groups in total. The van der Waals surface area contributed by atoms with E-state index >= 15 is 0 Å². The van der Waals surface area contributed by atoms with Crippen LogP contribution in [-0.4, -0.2) is 17.0 Å². The van der Waals surface area contributed by atoms with Crippen molar-refractivity contribution in [1.29, 1.82) is 0 Å². The molecule has 1 nitrogen and oxygen atoms in total. The summed E-state index contributed by atoms with van der Waals surface area (Å²) in [5.41, 5.74) is 0. The van der Waals surface area contributed by atoms with Gasteiger partial charge >= 0.3 is 0 Å². The van der Waals surface area contributed by atoms with E-state index in [4.69, 9.17) is 11.8 Å². The van der Waals surface area contributed by atoms with Crippen molar-refractivity contribution < 1.29 is 0 Å². The van der Waals surface area contributed by atoms with E-state index in [9.17, 15) is 0 Å². The van der Waals surface area contributed by atoms with Crippen LogP contribution in [0.15, 0.2) is 0 Å². The van der Waals surface area contributed by atoms with Crippen LogP contribution in [0, 0.1) is 0 Å². The molecule has 0 amide bonds. The number of rotatable bonds is 0. The first-order valence-corrected chi connectivity index (χ1v) is 2.57. The van der Waals surface area contributed by atoms with Gasteiger partial charge in [-0.05, 0) is 25.1 Å². The summed E-state index contributed by atoms with van der Waals surface area (Å²) >= 11 is 5.53. The highest BCUT2D eigenvalue weighted by molar-refractivity contribution is 6.13. The van der Waals surface area contributed by atoms with Crippen LogP contribution in [0.25, 0.3) is 0 Å². The second-order valence-corrected chi connectivity index (χ2v) is 2.20. The Labute approximate surface area is 43.0 Å². The summed E-state index contributed by atoms with van der Waals surface area (Å²) in [6.07, 6.45) is 1.27. The van der Waals surface area contributed by atoms with Crippen molar-refractivity contribution in [3.8, 4) is 0 Å². The van der Waals surface area contributed by atoms with Crippen LogP contribution in [0.5, 0.6) is 0 Å². The molecule has 0 spiro atoms. The predicted molar refractivity (Wildman–Crippen MR) is 26.6 cm³/mol. The maximum absolute atomic E-state index is 5.53. The zero-order valence-electron chi connectivity index (χ0n) is 3.82. The summed E-state index contributed by atoms with van der Waals surface area (Å²) in [4.78, 5) is 0. The van der Waals surface area contributed by atoms with Gasteiger partial charge in [-0.2, -0.15) is 0 Å². The molecule has 0 saturated carbocycles. The maximum atomic E-state index is 5.53. The van der Waals surface area contributed by atoms with E-state index < -0.39 is 0 Å². The average molecular weight is 106 g/mol. The van der Waals surface area contributed by atoms with Gasteiger partial charge in [-0.15, -0.1) is 0 Å². The largest absolute Gasteiger partial charge is 0.217 e. The highest BCUT2D eigenvalue weighted by Crippen LogP contribution is 2.17. The molecule has 1 aliphatic rings. The first-order valence-electron chi connectivity index (χ1n) is 2.23. The minimum Gasteiger partial charge on any atom is -0.217 e. The molecule has 0 aromatic heterocycles. The molecule has 0 aromatic rings. The fourth-order valence-electron chi connectivity index (χ4n) is 0.485. The summed E-state index contributed by atoms with van der Waals surface area (Å²) in [6, 6.07) is 0.631. The molecule has 36 valence electrons. The molecular formula is C4H8ClN. The molecule has 6 heavy (non-hydrogen) atoms. The second-order valence-electron chi connectivity index (χ2n) is 1.76. The van der Waals surface area contributed by atoms with E-state index in [0.717, 1.165) is 6.54 Å². The Morgan fingerprint density at radius 1 is 1.83 bits per heavy atom. The first kappa shape index (κ1) is 4.41. The smallest absolute Gasteiger partial charge is 0.0236 e. The third-order valence-corrected chi connectivity index (χ3v) is 1.74. The van der Waals surface area contributed by atoms with Crippen molar-refractivity contribution in [3.63, 3.8) is 0 Å². The van der Waals surface area contributed by atoms with E-state index in [2.05, 4.69) is 6.92 Å². The average Bonchev–Trinajstić information content (AvgIpc) is 1.61. The van der Waals surface area contributed by atoms with Gasteiger partial charge in [0.2, 0.25) is 0 Å². The predicted octanol–water partition coefficient (Wildman–Crippen LogP) is 1.23. The normalized spacial score (nSPS) is 36.0. The van der Waals surface area contributed by atoms with Gasteiger partial charge in [0, 0.05) is 12.6 Å². The second kappa shape index (κ2) is 1.39. The molecule has 1 unspecified atom stereocenters. The van der Waals surface area contributed by atoms with Crippen molar-refractivity contribution in [2.45, 2.75) is 19.4 Å². The first-order chi connectivity index (χ1) is 2.80. The lowest BCUT2D eigenvalue weighted by Gasteiger charge is -2.31. The fraction of sp³-hybridized carbons (Fsp3) is 1.00. The Hall–Kier alpha value is 0.250. The lowest BCUT2D eigenvalue weighted by molar-refractivity contribution is 0.228. The van der Waals surface area contributed by atoms with Crippen LogP contribution >= 0.6 is 11.8 Å². The Morgan fingerprint density at radius 3 is 2.33 bits per heavy atom. The molecule has 1 rings (SSSR count). The summed E-state index contributed by atoms with van der Waals surface area (Å²) in [6.45, 7) is 3.19. The molecule has 1 atom stereocenters. The molecule has 0 radical (unpaired) electrons. The van der Waals surface area contributed by atoms with Gasteiger partial charge in [0.05, 0.1) is 0 Å². The third kappa shape index (κ3) is 0.525. The summed E-state index contributed by atoms with van der Waals surface area (Å²) < 4.78 is 1.82.